The second-order valence-corrected chi connectivity index (χ2v) is 5.64. The van der Waals surface area contributed by atoms with Crippen LogP contribution in [-0.2, 0) is 9.59 Å². The molecule has 0 saturated carbocycles. The monoisotopic (exact) mass is 378 g/mol. The van der Waals surface area contributed by atoms with Crippen LogP contribution in [0.2, 0.25) is 5.02 Å². The molecular weight excluding hydrogens is 360 g/mol. The molecule has 0 aliphatic carbocycles. The lowest BCUT2D eigenvalue weighted by molar-refractivity contribution is -0.133. The number of rotatable bonds is 5. The maximum absolute atomic E-state index is 12.2. The number of methoxy groups -OCH3 is 3. The van der Waals surface area contributed by atoms with E-state index in [0.717, 1.165) is 0 Å². The first-order valence-electron chi connectivity index (χ1n) is 7.58. The summed E-state index contributed by atoms with van der Waals surface area (Å²) in [4.78, 5) is 24.4. The molecule has 2 rings (SSSR count). The van der Waals surface area contributed by atoms with Crippen molar-refractivity contribution in [2.75, 3.05) is 32.0 Å². The summed E-state index contributed by atoms with van der Waals surface area (Å²) in [5.41, 5.74) is 1.45. The third kappa shape index (κ3) is 4.18. The van der Waals surface area contributed by atoms with Crippen molar-refractivity contribution in [3.63, 3.8) is 0 Å². The Labute approximate surface area is 156 Å². The van der Waals surface area contributed by atoms with Crippen molar-refractivity contribution in [3.05, 3.63) is 40.9 Å². The molecule has 0 unspecified atom stereocenters. The van der Waals surface area contributed by atoms with Crippen LogP contribution in [0.4, 0.5) is 11.4 Å². The van der Waals surface area contributed by atoms with Gasteiger partial charge in [0.15, 0.2) is 11.5 Å². The number of ether oxygens (including phenoxy) is 3. The maximum Gasteiger partial charge on any atom is 0.314 e. The Morgan fingerprint density at radius 3 is 2.04 bits per heavy atom. The zero-order valence-corrected chi connectivity index (χ0v) is 15.6. The van der Waals surface area contributed by atoms with E-state index in [1.54, 1.807) is 25.1 Å². The molecule has 2 N–H and O–H groups in total. The van der Waals surface area contributed by atoms with Crippen LogP contribution in [0.5, 0.6) is 17.2 Å². The quantitative estimate of drug-likeness (QED) is 0.780. The van der Waals surface area contributed by atoms with Crippen molar-refractivity contribution in [1.29, 1.82) is 0 Å². The summed E-state index contributed by atoms with van der Waals surface area (Å²) < 4.78 is 15.6. The molecule has 0 atom stereocenters. The highest BCUT2D eigenvalue weighted by Crippen LogP contribution is 2.39. The summed E-state index contributed by atoms with van der Waals surface area (Å²) in [6.07, 6.45) is 0. The smallest absolute Gasteiger partial charge is 0.314 e. The number of carbonyl (C=O) groups excluding carboxylic acids is 2. The molecule has 0 bridgehead atoms. The van der Waals surface area contributed by atoms with Crippen molar-refractivity contribution in [1.82, 2.24) is 0 Å². The van der Waals surface area contributed by atoms with Gasteiger partial charge in [0.2, 0.25) is 5.75 Å². The van der Waals surface area contributed by atoms with Crippen molar-refractivity contribution in [3.8, 4) is 17.2 Å². The van der Waals surface area contributed by atoms with Gasteiger partial charge in [0, 0.05) is 28.5 Å². The summed E-state index contributed by atoms with van der Waals surface area (Å²) in [6.45, 7) is 1.75. The lowest BCUT2D eigenvalue weighted by Gasteiger charge is -2.14. The highest BCUT2D eigenvalue weighted by atomic mass is 35.5. The van der Waals surface area contributed by atoms with E-state index in [2.05, 4.69) is 10.6 Å². The van der Waals surface area contributed by atoms with Gasteiger partial charge in [-0.1, -0.05) is 17.7 Å². The summed E-state index contributed by atoms with van der Waals surface area (Å²) in [7, 11) is 4.38. The zero-order chi connectivity index (χ0) is 19.3. The van der Waals surface area contributed by atoms with Crippen LogP contribution in [0, 0.1) is 6.92 Å². The number of halogens is 1. The summed E-state index contributed by atoms with van der Waals surface area (Å²) in [6, 6.07) is 8.09. The Bertz CT molecular complexity index is 813. The summed E-state index contributed by atoms with van der Waals surface area (Å²) in [5, 5.41) is 5.52. The molecule has 0 aliphatic rings. The fourth-order valence-corrected chi connectivity index (χ4v) is 2.44. The number of hydrogen-bond donors (Lipinski definition) is 2. The van der Waals surface area contributed by atoms with Crippen LogP contribution >= 0.6 is 11.6 Å². The van der Waals surface area contributed by atoms with Gasteiger partial charge in [0.1, 0.15) is 0 Å². The molecular formula is C18H19ClN2O5. The van der Waals surface area contributed by atoms with Gasteiger partial charge in [-0.25, -0.2) is 0 Å². The zero-order valence-electron chi connectivity index (χ0n) is 14.8. The molecule has 2 amide bonds. The minimum absolute atomic E-state index is 0.322. The minimum atomic E-state index is -0.848. The van der Waals surface area contributed by atoms with E-state index in [-0.39, 0.29) is 0 Å². The summed E-state index contributed by atoms with van der Waals surface area (Å²) >= 11 is 6.01. The highest BCUT2D eigenvalue weighted by Gasteiger charge is 2.19. The summed E-state index contributed by atoms with van der Waals surface area (Å²) in [5.74, 6) is -0.587. The number of carbonyl (C=O) groups is 2. The second-order valence-electron chi connectivity index (χ2n) is 5.23. The van der Waals surface area contributed by atoms with Gasteiger partial charge in [0.05, 0.1) is 21.3 Å². The van der Waals surface area contributed by atoms with E-state index in [0.29, 0.717) is 39.2 Å². The van der Waals surface area contributed by atoms with E-state index in [4.69, 9.17) is 25.8 Å². The number of benzene rings is 2. The van der Waals surface area contributed by atoms with Crippen LogP contribution in [-0.4, -0.2) is 33.1 Å². The lowest BCUT2D eigenvalue weighted by atomic mass is 10.2. The number of amides is 2. The third-order valence-electron chi connectivity index (χ3n) is 3.64. The fourth-order valence-electron chi connectivity index (χ4n) is 2.26. The van der Waals surface area contributed by atoms with Gasteiger partial charge in [-0.2, -0.15) is 0 Å². The van der Waals surface area contributed by atoms with Crippen LogP contribution in [0.15, 0.2) is 30.3 Å². The van der Waals surface area contributed by atoms with Gasteiger partial charge >= 0.3 is 11.8 Å². The molecule has 26 heavy (non-hydrogen) atoms. The largest absolute Gasteiger partial charge is 0.493 e. The van der Waals surface area contributed by atoms with Gasteiger partial charge in [-0.05, 0) is 24.6 Å². The number of anilines is 2. The molecule has 0 heterocycles. The highest BCUT2D eigenvalue weighted by molar-refractivity contribution is 6.44. The Hall–Kier alpha value is -2.93. The molecule has 0 saturated heterocycles. The van der Waals surface area contributed by atoms with Crippen molar-refractivity contribution in [2.45, 2.75) is 6.92 Å². The molecule has 0 radical (unpaired) electrons. The van der Waals surface area contributed by atoms with Gasteiger partial charge in [-0.3, -0.25) is 9.59 Å². The van der Waals surface area contributed by atoms with E-state index >= 15 is 0 Å². The van der Waals surface area contributed by atoms with E-state index in [9.17, 15) is 9.59 Å². The number of hydrogen-bond acceptors (Lipinski definition) is 5. The molecule has 7 nitrogen and oxygen atoms in total. The predicted molar refractivity (Wildman–Crippen MR) is 99.5 cm³/mol. The first-order valence-corrected chi connectivity index (χ1v) is 7.96. The van der Waals surface area contributed by atoms with Crippen LogP contribution in [0.25, 0.3) is 0 Å². The molecule has 2 aromatic carbocycles. The molecule has 8 heteroatoms. The molecule has 0 spiro atoms. The topological polar surface area (TPSA) is 85.9 Å². The van der Waals surface area contributed by atoms with Crippen LogP contribution in [0.3, 0.4) is 0 Å². The van der Waals surface area contributed by atoms with E-state index in [1.807, 2.05) is 0 Å². The Morgan fingerprint density at radius 2 is 1.50 bits per heavy atom. The van der Waals surface area contributed by atoms with Crippen LogP contribution in [0.1, 0.15) is 5.56 Å². The Morgan fingerprint density at radius 1 is 0.923 bits per heavy atom. The van der Waals surface area contributed by atoms with Crippen molar-refractivity contribution >= 4 is 34.8 Å². The van der Waals surface area contributed by atoms with Crippen molar-refractivity contribution < 1.29 is 23.8 Å². The Kier molecular flexibility index (Phi) is 6.30. The van der Waals surface area contributed by atoms with E-state index < -0.39 is 11.8 Å². The maximum atomic E-state index is 12.2. The SMILES string of the molecule is COc1cc(NC(=O)C(=O)Nc2cccc(Cl)c2C)cc(OC)c1OC. The molecule has 0 aliphatic heterocycles. The van der Waals surface area contributed by atoms with Gasteiger partial charge in [0.25, 0.3) is 0 Å². The standard InChI is InChI=1S/C18H19ClN2O5/c1-10-12(19)6-5-7-13(10)21-18(23)17(22)20-11-8-14(24-2)16(26-4)15(9-11)25-3/h5-9H,1-4H3,(H,20,22)(H,21,23). The normalized spacial score (nSPS) is 10.0. The van der Waals surface area contributed by atoms with Gasteiger partial charge < -0.3 is 24.8 Å². The third-order valence-corrected chi connectivity index (χ3v) is 4.05. The van der Waals surface area contributed by atoms with Crippen molar-refractivity contribution in [2.24, 2.45) is 0 Å². The second kappa shape index (κ2) is 8.44. The molecule has 2 aromatic rings. The molecule has 138 valence electrons. The fraction of sp³-hybridized carbons (Fsp3) is 0.222. The molecule has 0 aromatic heterocycles. The van der Waals surface area contributed by atoms with E-state index in [1.165, 1.54) is 33.5 Å². The van der Waals surface area contributed by atoms with Gasteiger partial charge in [-0.15, -0.1) is 0 Å². The predicted octanol–water partition coefficient (Wildman–Crippen LogP) is 3.25. The first-order chi connectivity index (χ1) is 12.4. The average molecular weight is 379 g/mol. The molecule has 0 fully saturated rings. The lowest BCUT2D eigenvalue weighted by Crippen LogP contribution is -2.29. The minimum Gasteiger partial charge on any atom is -0.493 e. The average Bonchev–Trinajstić information content (AvgIpc) is 2.64. The first kappa shape index (κ1) is 19.4. The van der Waals surface area contributed by atoms with Crippen LogP contribution < -0.4 is 24.8 Å². The number of nitrogens with one attached hydrogen (secondary N) is 2. The Balaban J connectivity index is 2.18.